The molecule has 1 fully saturated rings. The van der Waals surface area contributed by atoms with Crippen LogP contribution in [0.25, 0.3) is 0 Å². The second kappa shape index (κ2) is 11.0. The first-order chi connectivity index (χ1) is 16.2. The number of hydrogen-bond acceptors (Lipinski definition) is 6. The minimum absolute atomic E-state index is 0.0333. The summed E-state index contributed by atoms with van der Waals surface area (Å²) in [7, 11) is -3.75. The first-order valence-electron chi connectivity index (χ1n) is 11.6. The van der Waals surface area contributed by atoms with Gasteiger partial charge >= 0.3 is 5.97 Å². The molecule has 9 heteroatoms. The van der Waals surface area contributed by atoms with E-state index in [0.717, 1.165) is 37.1 Å². The highest BCUT2D eigenvalue weighted by molar-refractivity contribution is 7.89. The van der Waals surface area contributed by atoms with Crippen molar-refractivity contribution >= 4 is 33.3 Å². The second-order valence-corrected chi connectivity index (χ2v) is 10.3. The SMILES string of the molecule is CCN(CC)S(=O)(=O)c1ccc(N2CCCC2)c(C(=O)OCC(=O)Nc2cccc(C)c2C)c1. The van der Waals surface area contributed by atoms with Crippen molar-refractivity contribution in [3.8, 4) is 0 Å². The summed E-state index contributed by atoms with van der Waals surface area (Å²) in [4.78, 5) is 27.6. The number of aryl methyl sites for hydroxylation is 1. The number of hydrogen-bond donors (Lipinski definition) is 1. The minimum atomic E-state index is -3.75. The van der Waals surface area contributed by atoms with E-state index in [-0.39, 0.29) is 10.5 Å². The van der Waals surface area contributed by atoms with E-state index in [9.17, 15) is 18.0 Å². The van der Waals surface area contributed by atoms with Crippen LogP contribution in [0.4, 0.5) is 11.4 Å². The fraction of sp³-hybridized carbons (Fsp3) is 0.440. The summed E-state index contributed by atoms with van der Waals surface area (Å²) < 4.78 is 32.7. The lowest BCUT2D eigenvalue weighted by atomic mass is 10.1. The van der Waals surface area contributed by atoms with Crippen molar-refractivity contribution in [2.75, 3.05) is 43.0 Å². The van der Waals surface area contributed by atoms with Crippen molar-refractivity contribution in [1.82, 2.24) is 4.31 Å². The van der Waals surface area contributed by atoms with Crippen LogP contribution in [-0.2, 0) is 19.6 Å². The van der Waals surface area contributed by atoms with Crippen LogP contribution in [0.3, 0.4) is 0 Å². The topological polar surface area (TPSA) is 96.0 Å². The van der Waals surface area contributed by atoms with E-state index in [0.29, 0.717) is 24.5 Å². The number of nitrogens with zero attached hydrogens (tertiary/aromatic N) is 2. The summed E-state index contributed by atoms with van der Waals surface area (Å²) in [5.74, 6) is -1.19. The Morgan fingerprint density at radius 1 is 1.06 bits per heavy atom. The molecule has 2 aromatic rings. The number of rotatable bonds is 9. The van der Waals surface area contributed by atoms with E-state index in [4.69, 9.17) is 4.74 Å². The molecule has 1 N–H and O–H groups in total. The Hall–Kier alpha value is -2.91. The molecule has 0 unspecified atom stereocenters. The van der Waals surface area contributed by atoms with Crippen LogP contribution in [0.5, 0.6) is 0 Å². The van der Waals surface area contributed by atoms with E-state index >= 15 is 0 Å². The fourth-order valence-electron chi connectivity index (χ4n) is 4.07. The van der Waals surface area contributed by atoms with Crippen LogP contribution in [0.15, 0.2) is 41.3 Å². The lowest BCUT2D eigenvalue weighted by molar-refractivity contribution is -0.119. The molecule has 0 atom stereocenters. The Bertz CT molecular complexity index is 1150. The monoisotopic (exact) mass is 487 g/mol. The molecule has 0 radical (unpaired) electrons. The molecular formula is C25H33N3O5S. The molecule has 34 heavy (non-hydrogen) atoms. The quantitative estimate of drug-likeness (QED) is 0.542. The van der Waals surface area contributed by atoms with Gasteiger partial charge in [0.2, 0.25) is 10.0 Å². The molecule has 0 spiro atoms. The molecule has 1 aliphatic heterocycles. The highest BCUT2D eigenvalue weighted by atomic mass is 32.2. The van der Waals surface area contributed by atoms with E-state index in [1.54, 1.807) is 26.0 Å². The smallest absolute Gasteiger partial charge is 0.340 e. The van der Waals surface area contributed by atoms with Crippen LogP contribution in [0.2, 0.25) is 0 Å². The van der Waals surface area contributed by atoms with Gasteiger partial charge in [-0.1, -0.05) is 26.0 Å². The second-order valence-electron chi connectivity index (χ2n) is 8.33. The largest absolute Gasteiger partial charge is 0.452 e. The summed E-state index contributed by atoms with van der Waals surface area (Å²) in [6, 6.07) is 10.1. The predicted octanol–water partition coefficient (Wildman–Crippen LogP) is 3.73. The standard InChI is InChI=1S/C25H33N3O5S/c1-5-28(6-2)34(31,32)20-12-13-23(27-14-7-8-15-27)21(16-20)25(30)33-17-24(29)26-22-11-9-10-18(3)19(22)4/h9-13,16H,5-8,14-15,17H2,1-4H3,(H,26,29). The third kappa shape index (κ3) is 5.59. The summed E-state index contributed by atoms with van der Waals surface area (Å²) in [6.45, 7) is 9.11. The number of carbonyl (C=O) groups excluding carboxylic acids is 2. The number of esters is 1. The Kier molecular flexibility index (Phi) is 8.33. The molecular weight excluding hydrogens is 454 g/mol. The fourth-order valence-corrected chi connectivity index (χ4v) is 5.55. The maximum absolute atomic E-state index is 13.1. The lowest BCUT2D eigenvalue weighted by Crippen LogP contribution is -2.31. The number of ether oxygens (including phenoxy) is 1. The zero-order chi connectivity index (χ0) is 24.9. The van der Waals surface area contributed by atoms with Gasteiger partial charge in [0.1, 0.15) is 0 Å². The predicted molar refractivity (Wildman–Crippen MR) is 133 cm³/mol. The Labute approximate surface area is 201 Å². The number of nitrogens with one attached hydrogen (secondary N) is 1. The van der Waals surface area contributed by atoms with Crippen molar-refractivity contribution in [3.05, 3.63) is 53.1 Å². The van der Waals surface area contributed by atoms with Gasteiger partial charge in [-0.3, -0.25) is 4.79 Å². The molecule has 8 nitrogen and oxygen atoms in total. The molecule has 2 aromatic carbocycles. The molecule has 3 rings (SSSR count). The maximum Gasteiger partial charge on any atom is 0.340 e. The van der Waals surface area contributed by atoms with Gasteiger partial charge in [0.25, 0.3) is 5.91 Å². The van der Waals surface area contributed by atoms with Gasteiger partial charge in [-0.2, -0.15) is 4.31 Å². The van der Waals surface area contributed by atoms with Gasteiger partial charge in [-0.25, -0.2) is 13.2 Å². The van der Waals surface area contributed by atoms with Crippen LogP contribution < -0.4 is 10.2 Å². The normalized spacial score (nSPS) is 13.9. The van der Waals surface area contributed by atoms with E-state index < -0.39 is 28.5 Å². The number of amides is 1. The summed E-state index contributed by atoms with van der Waals surface area (Å²) >= 11 is 0. The van der Waals surface area contributed by atoms with Crippen molar-refractivity contribution < 1.29 is 22.7 Å². The minimum Gasteiger partial charge on any atom is -0.452 e. The van der Waals surface area contributed by atoms with Crippen LogP contribution >= 0.6 is 0 Å². The molecule has 0 aliphatic carbocycles. The highest BCUT2D eigenvalue weighted by Gasteiger charge is 2.27. The zero-order valence-electron chi connectivity index (χ0n) is 20.3. The third-order valence-electron chi connectivity index (χ3n) is 6.19. The molecule has 1 amide bonds. The summed E-state index contributed by atoms with van der Waals surface area (Å²) in [5.41, 5.74) is 3.40. The lowest BCUT2D eigenvalue weighted by Gasteiger charge is -2.23. The molecule has 1 aliphatic rings. The van der Waals surface area contributed by atoms with Gasteiger partial charge < -0.3 is 15.0 Å². The van der Waals surface area contributed by atoms with Gasteiger partial charge in [0, 0.05) is 31.9 Å². The Balaban J connectivity index is 1.83. The Morgan fingerprint density at radius 2 is 1.74 bits per heavy atom. The number of anilines is 2. The van der Waals surface area contributed by atoms with Gasteiger partial charge in [-0.05, 0) is 62.1 Å². The Morgan fingerprint density at radius 3 is 2.38 bits per heavy atom. The van der Waals surface area contributed by atoms with Crippen LogP contribution in [0, 0.1) is 13.8 Å². The van der Waals surface area contributed by atoms with Gasteiger partial charge in [0.05, 0.1) is 16.1 Å². The molecule has 0 saturated carbocycles. The van der Waals surface area contributed by atoms with Crippen LogP contribution in [-0.4, -0.2) is 57.4 Å². The van der Waals surface area contributed by atoms with E-state index in [1.165, 1.54) is 16.4 Å². The van der Waals surface area contributed by atoms with Crippen molar-refractivity contribution in [1.29, 1.82) is 0 Å². The van der Waals surface area contributed by atoms with Crippen LogP contribution in [0.1, 0.15) is 48.2 Å². The van der Waals surface area contributed by atoms with Gasteiger partial charge in [0.15, 0.2) is 6.61 Å². The number of sulfonamides is 1. The molecule has 184 valence electrons. The van der Waals surface area contributed by atoms with E-state index in [1.807, 2.05) is 30.9 Å². The number of benzene rings is 2. The molecule has 1 heterocycles. The molecule has 1 saturated heterocycles. The molecule has 0 aromatic heterocycles. The van der Waals surface area contributed by atoms with E-state index in [2.05, 4.69) is 5.32 Å². The number of carbonyl (C=O) groups is 2. The third-order valence-corrected chi connectivity index (χ3v) is 8.24. The average molecular weight is 488 g/mol. The van der Waals surface area contributed by atoms with Crippen molar-refractivity contribution in [2.24, 2.45) is 0 Å². The first kappa shape index (κ1) is 25.7. The summed E-state index contributed by atoms with van der Waals surface area (Å²) in [6.07, 6.45) is 1.98. The van der Waals surface area contributed by atoms with Crippen molar-refractivity contribution in [2.45, 2.75) is 45.4 Å². The average Bonchev–Trinajstić information content (AvgIpc) is 3.35. The maximum atomic E-state index is 13.1. The zero-order valence-corrected chi connectivity index (χ0v) is 21.1. The summed E-state index contributed by atoms with van der Waals surface area (Å²) in [5, 5.41) is 2.76. The molecule has 0 bridgehead atoms. The van der Waals surface area contributed by atoms with Gasteiger partial charge in [-0.15, -0.1) is 0 Å². The van der Waals surface area contributed by atoms with Crippen molar-refractivity contribution in [3.63, 3.8) is 0 Å². The first-order valence-corrected chi connectivity index (χ1v) is 13.0. The highest BCUT2D eigenvalue weighted by Crippen LogP contribution is 2.29.